The molecule has 4 heteroatoms. The zero-order valence-electron chi connectivity index (χ0n) is 15.5. The number of fused-ring (bicyclic) bond motifs is 2. The first-order valence-corrected chi connectivity index (χ1v) is 9.30. The normalized spacial score (nSPS) is 15.1. The molecule has 0 saturated carbocycles. The van der Waals surface area contributed by atoms with Crippen molar-refractivity contribution in [3.8, 4) is 0 Å². The Bertz CT molecular complexity index is 1150. The van der Waals surface area contributed by atoms with Gasteiger partial charge in [-0.2, -0.15) is 0 Å². The van der Waals surface area contributed by atoms with E-state index in [0.29, 0.717) is 5.56 Å². The molecular formula is C23H22N2O2. The molecule has 27 heavy (non-hydrogen) atoms. The number of aryl methyl sites for hydroxylation is 2. The molecule has 1 unspecified atom stereocenters. The van der Waals surface area contributed by atoms with E-state index in [1.807, 2.05) is 0 Å². The molecular weight excluding hydrogens is 336 g/mol. The van der Waals surface area contributed by atoms with Crippen LogP contribution in [0.15, 0.2) is 52.2 Å². The van der Waals surface area contributed by atoms with Crippen molar-refractivity contribution >= 4 is 12.2 Å². The third-order valence-corrected chi connectivity index (χ3v) is 5.16. The lowest BCUT2D eigenvalue weighted by Gasteiger charge is -2.21. The van der Waals surface area contributed by atoms with E-state index in [1.165, 1.54) is 11.1 Å². The average molecular weight is 358 g/mol. The van der Waals surface area contributed by atoms with E-state index in [2.05, 4.69) is 72.4 Å². The summed E-state index contributed by atoms with van der Waals surface area (Å²) < 4.78 is 0. The van der Waals surface area contributed by atoms with Gasteiger partial charge in [-0.05, 0) is 41.2 Å². The van der Waals surface area contributed by atoms with Gasteiger partial charge in [-0.3, -0.25) is 9.78 Å². The smallest absolute Gasteiger partial charge is 0.314 e. The third kappa shape index (κ3) is 3.19. The molecule has 0 saturated heterocycles. The summed E-state index contributed by atoms with van der Waals surface area (Å²) in [6.45, 7) is 4.23. The Morgan fingerprint density at radius 3 is 2.33 bits per heavy atom. The summed E-state index contributed by atoms with van der Waals surface area (Å²) in [6, 6.07) is 12.8. The Hall–Kier alpha value is -3.14. The van der Waals surface area contributed by atoms with Gasteiger partial charge in [0.25, 0.3) is 5.56 Å². The van der Waals surface area contributed by atoms with Gasteiger partial charge in [0.1, 0.15) is 0 Å². The standard InChI is InChI=1S/C23H22N2O2/c1-3-4-15-6-10-19-17(12-15)8-7-16-11-14(2)5-9-18(16)21(19)20-13-24-23(27)25-22(20)26/h5-13,21H,3-4H2,1-2H3,(H2,24,25,26,27). The van der Waals surface area contributed by atoms with Gasteiger partial charge in [0.15, 0.2) is 0 Å². The van der Waals surface area contributed by atoms with Crippen LogP contribution in [0.5, 0.6) is 0 Å². The van der Waals surface area contributed by atoms with Crippen LogP contribution in [0, 0.1) is 6.92 Å². The largest absolute Gasteiger partial charge is 0.325 e. The summed E-state index contributed by atoms with van der Waals surface area (Å²) in [7, 11) is 0. The number of hydrogen-bond donors (Lipinski definition) is 2. The van der Waals surface area contributed by atoms with Crippen molar-refractivity contribution in [2.24, 2.45) is 0 Å². The molecule has 0 spiro atoms. The number of benzene rings is 2. The fraction of sp³-hybridized carbons (Fsp3) is 0.217. The van der Waals surface area contributed by atoms with E-state index in [1.54, 1.807) is 6.20 Å². The second kappa shape index (κ2) is 6.88. The van der Waals surface area contributed by atoms with Crippen LogP contribution in [0.4, 0.5) is 0 Å². The molecule has 4 nitrogen and oxygen atoms in total. The molecule has 0 aliphatic heterocycles. The quantitative estimate of drug-likeness (QED) is 0.582. The molecule has 1 heterocycles. The van der Waals surface area contributed by atoms with Crippen molar-refractivity contribution in [3.63, 3.8) is 0 Å². The van der Waals surface area contributed by atoms with Gasteiger partial charge < -0.3 is 4.98 Å². The minimum Gasteiger partial charge on any atom is -0.314 e. The van der Waals surface area contributed by atoms with Crippen LogP contribution in [0.1, 0.15) is 58.2 Å². The highest BCUT2D eigenvalue weighted by molar-refractivity contribution is 5.78. The lowest BCUT2D eigenvalue weighted by Crippen LogP contribution is -2.27. The number of H-pyrrole nitrogens is 2. The van der Waals surface area contributed by atoms with Gasteiger partial charge >= 0.3 is 5.69 Å². The van der Waals surface area contributed by atoms with Crippen molar-refractivity contribution in [1.29, 1.82) is 0 Å². The number of rotatable bonds is 3. The van der Waals surface area contributed by atoms with E-state index >= 15 is 0 Å². The molecule has 2 N–H and O–H groups in total. The van der Waals surface area contributed by atoms with Crippen molar-refractivity contribution in [3.05, 3.63) is 102 Å². The second-order valence-electron chi connectivity index (χ2n) is 7.14. The van der Waals surface area contributed by atoms with Gasteiger partial charge in [-0.1, -0.05) is 67.5 Å². The number of aromatic nitrogens is 2. The Morgan fingerprint density at radius 2 is 1.63 bits per heavy atom. The lowest BCUT2D eigenvalue weighted by atomic mass is 9.82. The van der Waals surface area contributed by atoms with Crippen molar-refractivity contribution < 1.29 is 0 Å². The molecule has 0 fully saturated rings. The predicted molar refractivity (Wildman–Crippen MR) is 109 cm³/mol. The van der Waals surface area contributed by atoms with Gasteiger partial charge in [0, 0.05) is 17.7 Å². The molecule has 4 rings (SSSR count). The van der Waals surface area contributed by atoms with E-state index in [9.17, 15) is 9.59 Å². The SMILES string of the molecule is CCCc1ccc2c(c1)C=Cc1cc(C)ccc1C2c1c[nH]c(=O)[nH]c1=O. The maximum atomic E-state index is 12.6. The summed E-state index contributed by atoms with van der Waals surface area (Å²) in [4.78, 5) is 29.1. The molecule has 1 atom stereocenters. The third-order valence-electron chi connectivity index (χ3n) is 5.16. The lowest BCUT2D eigenvalue weighted by molar-refractivity contribution is 0.887. The van der Waals surface area contributed by atoms with Crippen molar-refractivity contribution in [2.75, 3.05) is 0 Å². The van der Waals surface area contributed by atoms with Gasteiger partial charge in [-0.25, -0.2) is 4.79 Å². The first-order valence-electron chi connectivity index (χ1n) is 9.30. The maximum Gasteiger partial charge on any atom is 0.325 e. The molecule has 3 aromatic rings. The summed E-state index contributed by atoms with van der Waals surface area (Å²) in [6.07, 6.45) is 7.91. The number of nitrogens with one attached hydrogen (secondary N) is 2. The minimum atomic E-state index is -0.488. The van der Waals surface area contributed by atoms with Crippen LogP contribution in [0.2, 0.25) is 0 Å². The highest BCUT2D eigenvalue weighted by atomic mass is 16.2. The van der Waals surface area contributed by atoms with E-state index in [4.69, 9.17) is 0 Å². The van der Waals surface area contributed by atoms with Crippen LogP contribution in [-0.4, -0.2) is 9.97 Å². The fourth-order valence-corrected chi connectivity index (χ4v) is 3.89. The van der Waals surface area contributed by atoms with Crippen LogP contribution in [-0.2, 0) is 6.42 Å². The fourth-order valence-electron chi connectivity index (χ4n) is 3.89. The van der Waals surface area contributed by atoms with Gasteiger partial charge in [-0.15, -0.1) is 0 Å². The number of hydrogen-bond acceptors (Lipinski definition) is 2. The summed E-state index contributed by atoms with van der Waals surface area (Å²) in [5, 5.41) is 0. The Balaban J connectivity index is 2.00. The van der Waals surface area contributed by atoms with E-state index in [-0.39, 0.29) is 11.5 Å². The molecule has 1 aliphatic carbocycles. The van der Waals surface area contributed by atoms with Gasteiger partial charge in [0.2, 0.25) is 0 Å². The van der Waals surface area contributed by atoms with Crippen LogP contribution < -0.4 is 11.2 Å². The van der Waals surface area contributed by atoms with E-state index in [0.717, 1.165) is 35.1 Å². The molecule has 136 valence electrons. The summed E-state index contributed by atoms with van der Waals surface area (Å²) in [5.74, 6) is -0.234. The van der Waals surface area contributed by atoms with Crippen molar-refractivity contribution in [2.45, 2.75) is 32.6 Å². The highest BCUT2D eigenvalue weighted by Crippen LogP contribution is 2.38. The molecule has 2 aromatic carbocycles. The molecule has 0 radical (unpaired) electrons. The van der Waals surface area contributed by atoms with Gasteiger partial charge in [0.05, 0.1) is 0 Å². The predicted octanol–water partition coefficient (Wildman–Crippen LogP) is 3.99. The molecule has 1 aliphatic rings. The summed E-state index contributed by atoms with van der Waals surface area (Å²) >= 11 is 0. The molecule has 0 bridgehead atoms. The van der Waals surface area contributed by atoms with Crippen LogP contribution in [0.25, 0.3) is 12.2 Å². The Morgan fingerprint density at radius 1 is 0.926 bits per heavy atom. The summed E-state index contributed by atoms with van der Waals surface area (Å²) in [5.41, 5.74) is 6.53. The molecule has 1 aromatic heterocycles. The van der Waals surface area contributed by atoms with E-state index < -0.39 is 5.69 Å². The average Bonchev–Trinajstić information content (AvgIpc) is 2.79. The highest BCUT2D eigenvalue weighted by Gasteiger charge is 2.26. The minimum absolute atomic E-state index is 0.234. The Kier molecular flexibility index (Phi) is 4.40. The first kappa shape index (κ1) is 17.3. The topological polar surface area (TPSA) is 65.7 Å². The number of aromatic amines is 2. The zero-order valence-corrected chi connectivity index (χ0v) is 15.5. The Labute approximate surface area is 157 Å². The van der Waals surface area contributed by atoms with Crippen molar-refractivity contribution in [1.82, 2.24) is 9.97 Å². The second-order valence-corrected chi connectivity index (χ2v) is 7.14. The zero-order chi connectivity index (χ0) is 19.0. The van der Waals surface area contributed by atoms with Crippen LogP contribution >= 0.6 is 0 Å². The van der Waals surface area contributed by atoms with Crippen LogP contribution in [0.3, 0.4) is 0 Å². The monoisotopic (exact) mass is 358 g/mol. The first-order chi connectivity index (χ1) is 13.1. The maximum absolute atomic E-state index is 12.6. The molecule has 0 amide bonds.